The predicted molar refractivity (Wildman–Crippen MR) is 215 cm³/mol. The van der Waals surface area contributed by atoms with Gasteiger partial charge in [-0.1, -0.05) is 207 Å². The summed E-state index contributed by atoms with van der Waals surface area (Å²) in [5.41, 5.74) is 0. The lowest BCUT2D eigenvalue weighted by Crippen LogP contribution is -3.00. The number of halogens is 1. The molecule has 0 N–H and O–H groups in total. The minimum Gasteiger partial charge on any atom is -1.00 e. The lowest BCUT2D eigenvalue weighted by Gasteiger charge is -2.28. The average Bonchev–Trinajstić information content (AvgIpc) is 3.05. The Morgan fingerprint density at radius 1 is 0.196 bits per heavy atom. The molecule has 0 heterocycles. The molecule has 0 amide bonds. The first-order valence-corrected chi connectivity index (χ1v) is 24.6. The second kappa shape index (κ2) is 41.9. The highest BCUT2D eigenvalue weighted by molar-refractivity contribution is 7.75. The summed E-state index contributed by atoms with van der Waals surface area (Å²) in [5.74, 6) is 0. The molecule has 0 saturated heterocycles. The number of hydrogen-bond acceptors (Lipinski definition) is 0. The van der Waals surface area contributed by atoms with Gasteiger partial charge in [0.15, 0.2) is 0 Å². The molecule has 0 aliphatic carbocycles. The first-order valence-electron chi connectivity index (χ1n) is 22.1. The van der Waals surface area contributed by atoms with E-state index in [1.165, 1.54) is 205 Å². The Hall–Kier alpha value is 0.720. The Bertz CT molecular complexity index is 474. The van der Waals surface area contributed by atoms with E-state index in [4.69, 9.17) is 0 Å². The molecule has 0 saturated carbocycles. The van der Waals surface area contributed by atoms with E-state index in [-0.39, 0.29) is 12.4 Å². The Labute approximate surface area is 302 Å². The van der Waals surface area contributed by atoms with Gasteiger partial charge in [0.1, 0.15) is 0 Å². The minimum atomic E-state index is -0.746. The number of rotatable bonds is 40. The van der Waals surface area contributed by atoms with E-state index in [1.807, 2.05) is 0 Å². The van der Waals surface area contributed by atoms with Gasteiger partial charge in [0.05, 0.1) is 24.6 Å². The van der Waals surface area contributed by atoms with Crippen molar-refractivity contribution in [2.45, 2.75) is 259 Å². The molecule has 0 bridgehead atoms. The summed E-state index contributed by atoms with van der Waals surface area (Å²) in [6.45, 7) is 9.42. The maximum atomic E-state index is 2.39. The SMILES string of the molecule is CCCCCCCCCCCCCCCC[P+](CCCCCC)(CCCCCC)CCCCCCCCCCCCCCCC.[Cl-]. The molecule has 0 rings (SSSR count). The Balaban J connectivity index is 0. The highest BCUT2D eigenvalue weighted by Crippen LogP contribution is 2.61. The monoisotopic (exact) mass is 687 g/mol. The zero-order valence-corrected chi connectivity index (χ0v) is 34.8. The van der Waals surface area contributed by atoms with Gasteiger partial charge < -0.3 is 12.4 Å². The maximum absolute atomic E-state index is 2.39. The molecular weight excluding hydrogens is 595 g/mol. The van der Waals surface area contributed by atoms with Gasteiger partial charge in [0.25, 0.3) is 0 Å². The summed E-state index contributed by atoms with van der Waals surface area (Å²) >= 11 is 0. The fourth-order valence-electron chi connectivity index (χ4n) is 7.70. The zero-order chi connectivity index (χ0) is 32.8. The Morgan fingerprint density at radius 3 is 0.500 bits per heavy atom. The van der Waals surface area contributed by atoms with Gasteiger partial charge in [-0.05, 0) is 51.4 Å². The van der Waals surface area contributed by atoms with Crippen molar-refractivity contribution in [3.8, 4) is 0 Å². The van der Waals surface area contributed by atoms with Crippen LogP contribution in [0.3, 0.4) is 0 Å². The van der Waals surface area contributed by atoms with Crippen molar-refractivity contribution < 1.29 is 12.4 Å². The second-order valence-corrected chi connectivity index (χ2v) is 20.0. The third-order valence-electron chi connectivity index (χ3n) is 10.9. The smallest absolute Gasteiger partial charge is 0.0594 e. The Kier molecular flexibility index (Phi) is 44.5. The lowest BCUT2D eigenvalue weighted by molar-refractivity contribution is -0.0000102. The van der Waals surface area contributed by atoms with Gasteiger partial charge in [0.2, 0.25) is 0 Å². The third-order valence-corrected chi connectivity index (χ3v) is 16.0. The topological polar surface area (TPSA) is 0 Å². The molecule has 0 radical (unpaired) electrons. The van der Waals surface area contributed by atoms with E-state index >= 15 is 0 Å². The summed E-state index contributed by atoms with van der Waals surface area (Å²) < 4.78 is 0. The molecule has 0 spiro atoms. The van der Waals surface area contributed by atoms with Crippen molar-refractivity contribution in [2.75, 3.05) is 24.6 Å². The lowest BCUT2D eigenvalue weighted by atomic mass is 10.0. The molecule has 2 heteroatoms. The van der Waals surface area contributed by atoms with E-state index in [1.54, 1.807) is 50.3 Å². The van der Waals surface area contributed by atoms with Gasteiger partial charge in [-0.15, -0.1) is 0 Å². The van der Waals surface area contributed by atoms with Gasteiger partial charge in [-0.2, -0.15) is 0 Å². The van der Waals surface area contributed by atoms with Crippen molar-refractivity contribution >= 4 is 7.26 Å². The molecule has 46 heavy (non-hydrogen) atoms. The molecule has 0 unspecified atom stereocenters. The van der Waals surface area contributed by atoms with E-state index < -0.39 is 7.26 Å². The molecule has 0 nitrogen and oxygen atoms in total. The quantitative estimate of drug-likeness (QED) is 0.0444. The fraction of sp³-hybridized carbons (Fsp3) is 1.00. The third kappa shape index (κ3) is 36.0. The largest absolute Gasteiger partial charge is 1.00 e. The van der Waals surface area contributed by atoms with Gasteiger partial charge in [-0.3, -0.25) is 0 Å². The Morgan fingerprint density at radius 2 is 0.326 bits per heavy atom. The summed E-state index contributed by atoms with van der Waals surface area (Å²) in [6.07, 6.45) is 60.1. The van der Waals surface area contributed by atoms with Crippen LogP contribution in [-0.4, -0.2) is 24.6 Å². The van der Waals surface area contributed by atoms with Crippen molar-refractivity contribution in [3.63, 3.8) is 0 Å². The van der Waals surface area contributed by atoms with Crippen molar-refractivity contribution in [3.05, 3.63) is 0 Å². The summed E-state index contributed by atoms with van der Waals surface area (Å²) in [7, 11) is -0.746. The molecule has 0 aromatic rings. The first kappa shape index (κ1) is 48.8. The van der Waals surface area contributed by atoms with Crippen LogP contribution < -0.4 is 12.4 Å². The molecule has 280 valence electrons. The van der Waals surface area contributed by atoms with Crippen LogP contribution in [0.2, 0.25) is 0 Å². The van der Waals surface area contributed by atoms with Crippen LogP contribution in [0.4, 0.5) is 0 Å². The highest BCUT2D eigenvalue weighted by atomic mass is 35.5. The molecule has 0 aromatic heterocycles. The average molecular weight is 688 g/mol. The van der Waals surface area contributed by atoms with Gasteiger partial charge in [-0.25, -0.2) is 0 Å². The molecule has 0 aliphatic rings. The van der Waals surface area contributed by atoms with Crippen molar-refractivity contribution in [1.82, 2.24) is 0 Å². The standard InChI is InChI=1S/C44H92P.ClH/c1-5-9-13-17-19-21-23-25-27-29-31-33-35-39-43-45(41-37-15-11-7-3,42-38-16-12-8-4)44-40-36-34-32-30-28-26-24-22-20-18-14-10-6-2;/h5-44H2,1-4H3;1H/q+1;/p-1. The molecule has 0 fully saturated rings. The second-order valence-electron chi connectivity index (χ2n) is 15.5. The van der Waals surface area contributed by atoms with Crippen LogP contribution in [0.15, 0.2) is 0 Å². The van der Waals surface area contributed by atoms with E-state index in [0.29, 0.717) is 0 Å². The molecular formula is C44H92ClP. The van der Waals surface area contributed by atoms with Crippen LogP contribution in [-0.2, 0) is 0 Å². The van der Waals surface area contributed by atoms with E-state index in [0.717, 1.165) is 0 Å². The summed E-state index contributed by atoms with van der Waals surface area (Å²) in [6, 6.07) is 0. The van der Waals surface area contributed by atoms with Gasteiger partial charge >= 0.3 is 0 Å². The van der Waals surface area contributed by atoms with Crippen LogP contribution in [0.25, 0.3) is 0 Å². The minimum absolute atomic E-state index is 0. The maximum Gasteiger partial charge on any atom is 0.0594 e. The summed E-state index contributed by atoms with van der Waals surface area (Å²) in [5, 5.41) is 0. The predicted octanol–water partition coefficient (Wildman–Crippen LogP) is 14.1. The zero-order valence-electron chi connectivity index (χ0n) is 33.1. The van der Waals surface area contributed by atoms with Crippen LogP contribution >= 0.6 is 7.26 Å². The van der Waals surface area contributed by atoms with Crippen LogP contribution in [0, 0.1) is 0 Å². The van der Waals surface area contributed by atoms with Crippen LogP contribution in [0.5, 0.6) is 0 Å². The van der Waals surface area contributed by atoms with Gasteiger partial charge in [0, 0.05) is 7.26 Å². The van der Waals surface area contributed by atoms with E-state index in [2.05, 4.69) is 27.7 Å². The molecule has 0 aromatic carbocycles. The first-order chi connectivity index (χ1) is 22.2. The number of unbranched alkanes of at least 4 members (excludes halogenated alkanes) is 32. The van der Waals surface area contributed by atoms with Crippen molar-refractivity contribution in [2.24, 2.45) is 0 Å². The molecule has 0 aliphatic heterocycles. The normalized spacial score (nSPS) is 11.7. The molecule has 0 atom stereocenters. The van der Waals surface area contributed by atoms with Crippen LogP contribution in [0.1, 0.15) is 259 Å². The van der Waals surface area contributed by atoms with Crippen molar-refractivity contribution in [1.29, 1.82) is 0 Å². The number of hydrogen-bond donors (Lipinski definition) is 0. The highest BCUT2D eigenvalue weighted by Gasteiger charge is 2.34. The van der Waals surface area contributed by atoms with E-state index in [9.17, 15) is 0 Å². The fourth-order valence-corrected chi connectivity index (χ4v) is 12.6. The summed E-state index contributed by atoms with van der Waals surface area (Å²) in [4.78, 5) is 0.